The number of nitrogens with zero attached hydrogens (tertiary/aromatic N) is 6. The Hall–Kier alpha value is -3.50. The summed E-state index contributed by atoms with van der Waals surface area (Å²) in [5, 5.41) is 7.43. The third kappa shape index (κ3) is 4.31. The SMILES string of the molecule is Cc1ncsc1CN1CCN(c2cc3c(cc2NC(=O)c2cnn4cccnc24)CC(C)(C)O3)CC1. The van der Waals surface area contributed by atoms with E-state index in [2.05, 4.69) is 63.1 Å². The van der Waals surface area contributed by atoms with Gasteiger partial charge in [-0.3, -0.25) is 9.69 Å². The minimum atomic E-state index is -0.264. The van der Waals surface area contributed by atoms with E-state index in [1.54, 1.807) is 40.5 Å². The molecular formula is C26H29N7O2S. The third-order valence-electron chi connectivity index (χ3n) is 6.88. The standard InChI is InChI=1S/C26H29N7O2S/c1-17-23(36-16-28-17)15-31-7-9-32(10-8-31)21-12-22-18(13-26(2,3)35-22)11-20(21)30-25(34)19-14-29-33-6-4-5-27-24(19)33/h4-6,11-12,14,16H,7-10,13,15H2,1-3H3,(H,30,34). The number of carbonyl (C=O) groups excluding carboxylic acids is 1. The van der Waals surface area contributed by atoms with E-state index in [1.165, 1.54) is 4.88 Å². The second-order valence-corrected chi connectivity index (χ2v) is 11.0. The highest BCUT2D eigenvalue weighted by atomic mass is 32.1. The van der Waals surface area contributed by atoms with Crippen LogP contribution in [0.15, 0.2) is 42.3 Å². The summed E-state index contributed by atoms with van der Waals surface area (Å²) < 4.78 is 7.85. The number of hydrogen-bond donors (Lipinski definition) is 1. The van der Waals surface area contributed by atoms with E-state index < -0.39 is 0 Å². The van der Waals surface area contributed by atoms with Gasteiger partial charge in [-0.25, -0.2) is 14.5 Å². The molecule has 5 heterocycles. The average Bonchev–Trinajstić information content (AvgIpc) is 3.54. The zero-order valence-corrected chi connectivity index (χ0v) is 21.5. The number of anilines is 2. The van der Waals surface area contributed by atoms with Crippen LogP contribution in [0.3, 0.4) is 0 Å². The summed E-state index contributed by atoms with van der Waals surface area (Å²) in [6, 6.07) is 5.96. The molecule has 4 aromatic rings. The monoisotopic (exact) mass is 503 g/mol. The van der Waals surface area contributed by atoms with Crippen LogP contribution in [0.4, 0.5) is 11.4 Å². The number of nitrogens with one attached hydrogen (secondary N) is 1. The highest BCUT2D eigenvalue weighted by Crippen LogP contribution is 2.42. The van der Waals surface area contributed by atoms with E-state index in [1.807, 2.05) is 5.51 Å². The van der Waals surface area contributed by atoms with E-state index in [0.717, 1.165) is 67.5 Å². The molecule has 0 aliphatic carbocycles. The number of fused-ring (bicyclic) bond motifs is 2. The molecule has 2 aliphatic rings. The number of carbonyl (C=O) groups is 1. The largest absolute Gasteiger partial charge is 0.487 e. The van der Waals surface area contributed by atoms with Gasteiger partial charge in [0, 0.05) is 68.0 Å². The molecule has 10 heteroatoms. The quantitative estimate of drug-likeness (QED) is 0.443. The van der Waals surface area contributed by atoms with Gasteiger partial charge in [-0.1, -0.05) is 0 Å². The first kappa shape index (κ1) is 22.9. The summed E-state index contributed by atoms with van der Waals surface area (Å²) in [4.78, 5) is 28.2. The molecule has 0 atom stereocenters. The fourth-order valence-electron chi connectivity index (χ4n) is 5.01. The van der Waals surface area contributed by atoms with Crippen LogP contribution in [0.5, 0.6) is 5.75 Å². The van der Waals surface area contributed by atoms with Crippen LogP contribution in [-0.2, 0) is 13.0 Å². The lowest BCUT2D eigenvalue weighted by Gasteiger charge is -2.37. The molecule has 0 radical (unpaired) electrons. The summed E-state index contributed by atoms with van der Waals surface area (Å²) in [6.45, 7) is 10.8. The van der Waals surface area contributed by atoms with Gasteiger partial charge in [0.25, 0.3) is 5.91 Å². The van der Waals surface area contributed by atoms with Crippen molar-refractivity contribution in [3.8, 4) is 5.75 Å². The molecule has 1 amide bonds. The number of piperazine rings is 1. The molecule has 36 heavy (non-hydrogen) atoms. The molecule has 6 rings (SSSR count). The molecule has 0 unspecified atom stereocenters. The molecule has 2 aliphatic heterocycles. The summed E-state index contributed by atoms with van der Waals surface area (Å²) in [5.74, 6) is 0.677. The topological polar surface area (TPSA) is 87.9 Å². The number of ether oxygens (including phenoxy) is 1. The van der Waals surface area contributed by atoms with E-state index in [9.17, 15) is 4.79 Å². The number of aromatic nitrogens is 4. The van der Waals surface area contributed by atoms with Crippen LogP contribution >= 0.6 is 11.3 Å². The number of rotatable bonds is 5. The first-order valence-corrected chi connectivity index (χ1v) is 13.1. The summed E-state index contributed by atoms with van der Waals surface area (Å²) in [7, 11) is 0. The van der Waals surface area contributed by atoms with Gasteiger partial charge in [0.15, 0.2) is 5.65 Å². The van der Waals surface area contributed by atoms with E-state index >= 15 is 0 Å². The van der Waals surface area contributed by atoms with Crippen LogP contribution < -0.4 is 15.0 Å². The molecule has 1 aromatic carbocycles. The molecule has 1 saturated heterocycles. The van der Waals surface area contributed by atoms with Crippen molar-refractivity contribution in [2.24, 2.45) is 0 Å². The van der Waals surface area contributed by atoms with Gasteiger partial charge in [-0.15, -0.1) is 11.3 Å². The van der Waals surface area contributed by atoms with Gasteiger partial charge in [0.05, 0.1) is 28.8 Å². The Morgan fingerprint density at radius 1 is 1.19 bits per heavy atom. The van der Waals surface area contributed by atoms with E-state index in [-0.39, 0.29) is 11.5 Å². The predicted octanol–water partition coefficient (Wildman–Crippen LogP) is 3.78. The Labute approximate surface area is 213 Å². The number of thiazole rings is 1. The number of hydrogen-bond acceptors (Lipinski definition) is 8. The zero-order valence-electron chi connectivity index (χ0n) is 20.7. The van der Waals surface area contributed by atoms with Crippen molar-refractivity contribution in [3.63, 3.8) is 0 Å². The number of benzene rings is 1. The van der Waals surface area contributed by atoms with Crippen molar-refractivity contribution in [2.45, 2.75) is 39.3 Å². The number of amides is 1. The average molecular weight is 504 g/mol. The molecule has 1 fully saturated rings. The first-order chi connectivity index (χ1) is 17.4. The maximum Gasteiger partial charge on any atom is 0.261 e. The van der Waals surface area contributed by atoms with Gasteiger partial charge < -0.3 is 15.0 Å². The summed E-state index contributed by atoms with van der Waals surface area (Å²) >= 11 is 1.72. The highest BCUT2D eigenvalue weighted by molar-refractivity contribution is 7.09. The predicted molar refractivity (Wildman–Crippen MR) is 140 cm³/mol. The van der Waals surface area contributed by atoms with E-state index in [4.69, 9.17) is 4.74 Å². The third-order valence-corrected chi connectivity index (χ3v) is 7.80. The van der Waals surface area contributed by atoms with Gasteiger partial charge in [-0.05, 0) is 32.9 Å². The molecule has 3 aromatic heterocycles. The van der Waals surface area contributed by atoms with Gasteiger partial charge in [-0.2, -0.15) is 5.10 Å². The smallest absolute Gasteiger partial charge is 0.261 e. The summed E-state index contributed by atoms with van der Waals surface area (Å²) in [5.41, 5.74) is 6.64. The second kappa shape index (κ2) is 8.86. The van der Waals surface area contributed by atoms with Gasteiger partial charge >= 0.3 is 0 Å². The van der Waals surface area contributed by atoms with Crippen LogP contribution in [0.1, 0.15) is 40.3 Å². The molecule has 1 N–H and O–H groups in total. The van der Waals surface area contributed by atoms with Crippen LogP contribution in [-0.4, -0.2) is 62.2 Å². The lowest BCUT2D eigenvalue weighted by atomic mass is 10.0. The Morgan fingerprint density at radius 2 is 2.03 bits per heavy atom. The Morgan fingerprint density at radius 3 is 2.81 bits per heavy atom. The normalized spacial score (nSPS) is 17.2. The van der Waals surface area contributed by atoms with Crippen LogP contribution in [0, 0.1) is 6.92 Å². The maximum atomic E-state index is 13.3. The molecule has 0 saturated carbocycles. The zero-order chi connectivity index (χ0) is 24.9. The fraction of sp³-hybridized carbons (Fsp3) is 0.385. The van der Waals surface area contributed by atoms with Crippen LogP contribution in [0.25, 0.3) is 5.65 Å². The van der Waals surface area contributed by atoms with Gasteiger partial charge in [0.2, 0.25) is 0 Å². The lowest BCUT2D eigenvalue weighted by molar-refractivity contribution is 0.102. The Kier molecular flexibility index (Phi) is 5.65. The molecule has 0 bridgehead atoms. The highest BCUT2D eigenvalue weighted by Gasteiger charge is 2.32. The van der Waals surface area contributed by atoms with Crippen molar-refractivity contribution in [3.05, 3.63) is 64.0 Å². The second-order valence-electron chi connectivity index (χ2n) is 10.0. The van der Waals surface area contributed by atoms with Gasteiger partial charge in [0.1, 0.15) is 16.9 Å². The van der Waals surface area contributed by atoms with Crippen molar-refractivity contribution < 1.29 is 9.53 Å². The van der Waals surface area contributed by atoms with Crippen molar-refractivity contribution in [2.75, 3.05) is 36.4 Å². The van der Waals surface area contributed by atoms with Crippen LogP contribution in [0.2, 0.25) is 0 Å². The Balaban J connectivity index is 1.26. The van der Waals surface area contributed by atoms with Crippen molar-refractivity contribution >= 4 is 34.3 Å². The first-order valence-electron chi connectivity index (χ1n) is 12.2. The van der Waals surface area contributed by atoms with Crippen molar-refractivity contribution in [1.29, 1.82) is 0 Å². The minimum Gasteiger partial charge on any atom is -0.487 e. The van der Waals surface area contributed by atoms with E-state index in [0.29, 0.717) is 11.2 Å². The van der Waals surface area contributed by atoms with Crippen molar-refractivity contribution in [1.82, 2.24) is 24.5 Å². The lowest BCUT2D eigenvalue weighted by Crippen LogP contribution is -2.46. The molecule has 0 spiro atoms. The molecular weight excluding hydrogens is 474 g/mol. The summed E-state index contributed by atoms with van der Waals surface area (Å²) in [6.07, 6.45) is 5.82. The molecule has 9 nitrogen and oxygen atoms in total. The maximum absolute atomic E-state index is 13.3. The fourth-order valence-corrected chi connectivity index (χ4v) is 5.82. The Bertz CT molecular complexity index is 1440. The minimum absolute atomic E-state index is 0.220. The molecule has 186 valence electrons. The number of aryl methyl sites for hydroxylation is 1.